The number of fused-ring (bicyclic) bond motifs is 1. The lowest BCUT2D eigenvalue weighted by atomic mass is 9.85. The topological polar surface area (TPSA) is 107 Å². The molecule has 0 bridgehead atoms. The average molecular weight is 410 g/mol. The average Bonchev–Trinajstić information content (AvgIpc) is 2.91. The number of aryl methyl sites for hydroxylation is 1. The molecule has 8 nitrogen and oxygen atoms in total. The fourth-order valence-electron chi connectivity index (χ4n) is 3.37. The fourth-order valence-corrected chi connectivity index (χ4v) is 3.37. The summed E-state index contributed by atoms with van der Waals surface area (Å²) in [4.78, 5) is 48.8. The van der Waals surface area contributed by atoms with Gasteiger partial charge in [0, 0.05) is 18.2 Å². The van der Waals surface area contributed by atoms with Gasteiger partial charge in [-0.05, 0) is 24.5 Å². The van der Waals surface area contributed by atoms with Crippen LogP contribution in [0.5, 0.6) is 5.75 Å². The standard InChI is InChI=1S/C22H22N2O6/c1-13-8-9-17(15(12-13)22(2,3)4)30-18(25)10-11-23-20(26)14-6-5-7-16(24(28)29)19(14)21(23)27/h5-9,12H,10-11H2,1-4H3. The summed E-state index contributed by atoms with van der Waals surface area (Å²) in [5, 5.41) is 11.2. The molecule has 3 rings (SSSR count). The number of nitrogens with zero attached hydrogens (tertiary/aromatic N) is 2. The minimum Gasteiger partial charge on any atom is -0.426 e. The van der Waals surface area contributed by atoms with Crippen LogP contribution in [0.1, 0.15) is 59.0 Å². The number of ether oxygens (including phenoxy) is 1. The molecule has 0 radical (unpaired) electrons. The van der Waals surface area contributed by atoms with Crippen LogP contribution in [-0.2, 0) is 10.2 Å². The van der Waals surface area contributed by atoms with Gasteiger partial charge in [-0.25, -0.2) is 0 Å². The molecule has 0 spiro atoms. The first-order valence-corrected chi connectivity index (χ1v) is 9.46. The van der Waals surface area contributed by atoms with Gasteiger partial charge >= 0.3 is 5.97 Å². The zero-order chi connectivity index (χ0) is 22.2. The van der Waals surface area contributed by atoms with Crippen molar-refractivity contribution in [3.05, 3.63) is 68.8 Å². The van der Waals surface area contributed by atoms with E-state index in [9.17, 15) is 24.5 Å². The SMILES string of the molecule is Cc1ccc(OC(=O)CCN2C(=O)c3cccc([N+](=O)[O-])c3C2=O)c(C(C)(C)C)c1. The summed E-state index contributed by atoms with van der Waals surface area (Å²) in [5.41, 5.74) is 0.957. The second kappa shape index (κ2) is 7.70. The monoisotopic (exact) mass is 410 g/mol. The lowest BCUT2D eigenvalue weighted by molar-refractivity contribution is -0.385. The highest BCUT2D eigenvalue weighted by Gasteiger charge is 2.40. The van der Waals surface area contributed by atoms with Crippen molar-refractivity contribution in [2.24, 2.45) is 0 Å². The Labute approximate surface area is 173 Å². The van der Waals surface area contributed by atoms with E-state index < -0.39 is 28.4 Å². The largest absolute Gasteiger partial charge is 0.426 e. The molecule has 0 fully saturated rings. The molecule has 30 heavy (non-hydrogen) atoms. The van der Waals surface area contributed by atoms with Crippen molar-refractivity contribution >= 4 is 23.5 Å². The number of carbonyl (C=O) groups excluding carboxylic acids is 3. The van der Waals surface area contributed by atoms with E-state index in [4.69, 9.17) is 4.74 Å². The quantitative estimate of drug-likeness (QED) is 0.244. The van der Waals surface area contributed by atoms with Gasteiger partial charge in [0.25, 0.3) is 17.5 Å². The summed E-state index contributed by atoms with van der Waals surface area (Å²) in [6, 6.07) is 9.40. The first-order chi connectivity index (χ1) is 14.0. The highest BCUT2D eigenvalue weighted by Crippen LogP contribution is 2.33. The van der Waals surface area contributed by atoms with Crippen LogP contribution in [0.3, 0.4) is 0 Å². The maximum absolute atomic E-state index is 12.6. The molecule has 0 unspecified atom stereocenters. The summed E-state index contributed by atoms with van der Waals surface area (Å²) in [5.74, 6) is -1.61. The van der Waals surface area contributed by atoms with Crippen molar-refractivity contribution in [1.82, 2.24) is 4.90 Å². The molecule has 0 saturated heterocycles. The van der Waals surface area contributed by atoms with Gasteiger partial charge in [0.05, 0.1) is 16.9 Å². The number of hydrogen-bond acceptors (Lipinski definition) is 6. The highest BCUT2D eigenvalue weighted by atomic mass is 16.6. The van der Waals surface area contributed by atoms with E-state index in [0.717, 1.165) is 16.0 Å². The van der Waals surface area contributed by atoms with Crippen molar-refractivity contribution in [3.63, 3.8) is 0 Å². The van der Waals surface area contributed by atoms with E-state index >= 15 is 0 Å². The Morgan fingerprint density at radius 3 is 2.47 bits per heavy atom. The zero-order valence-corrected chi connectivity index (χ0v) is 17.2. The molecule has 0 aromatic heterocycles. The summed E-state index contributed by atoms with van der Waals surface area (Å²) in [7, 11) is 0. The van der Waals surface area contributed by atoms with E-state index in [2.05, 4.69) is 0 Å². The molecule has 1 heterocycles. The van der Waals surface area contributed by atoms with Crippen molar-refractivity contribution in [3.8, 4) is 5.75 Å². The van der Waals surface area contributed by atoms with E-state index in [0.29, 0.717) is 5.75 Å². The zero-order valence-electron chi connectivity index (χ0n) is 17.2. The van der Waals surface area contributed by atoms with Crippen LogP contribution >= 0.6 is 0 Å². The number of nitro benzene ring substituents is 1. The number of rotatable bonds is 5. The molecule has 8 heteroatoms. The van der Waals surface area contributed by atoms with Gasteiger partial charge in [0.15, 0.2) is 0 Å². The molecule has 1 aliphatic rings. The molecular formula is C22H22N2O6. The number of carbonyl (C=O) groups is 3. The van der Waals surface area contributed by atoms with Crippen LogP contribution in [0, 0.1) is 17.0 Å². The normalized spacial score (nSPS) is 13.4. The number of amides is 2. The summed E-state index contributed by atoms with van der Waals surface area (Å²) in [6.45, 7) is 7.74. The van der Waals surface area contributed by atoms with Crippen LogP contribution in [0.2, 0.25) is 0 Å². The Balaban J connectivity index is 1.74. The molecule has 2 amide bonds. The number of nitro groups is 1. The second-order valence-corrected chi connectivity index (χ2v) is 8.19. The molecule has 0 saturated carbocycles. The minimum atomic E-state index is -0.777. The number of esters is 1. The van der Waals surface area contributed by atoms with Gasteiger partial charge < -0.3 is 4.74 Å². The van der Waals surface area contributed by atoms with Crippen LogP contribution in [0.4, 0.5) is 5.69 Å². The Morgan fingerprint density at radius 1 is 1.13 bits per heavy atom. The van der Waals surface area contributed by atoms with Crippen molar-refractivity contribution in [2.75, 3.05) is 6.54 Å². The van der Waals surface area contributed by atoms with Gasteiger partial charge in [0.1, 0.15) is 11.3 Å². The van der Waals surface area contributed by atoms with Crippen LogP contribution in [0.25, 0.3) is 0 Å². The maximum Gasteiger partial charge on any atom is 0.313 e. The van der Waals surface area contributed by atoms with Crippen LogP contribution in [-0.4, -0.2) is 34.2 Å². The summed E-state index contributed by atoms with van der Waals surface area (Å²) >= 11 is 0. The molecular weight excluding hydrogens is 388 g/mol. The third kappa shape index (κ3) is 3.94. The molecule has 156 valence electrons. The van der Waals surface area contributed by atoms with Gasteiger partial charge in [-0.2, -0.15) is 0 Å². The predicted molar refractivity (Wildman–Crippen MR) is 109 cm³/mol. The van der Waals surface area contributed by atoms with E-state index in [1.807, 2.05) is 39.8 Å². The first-order valence-electron chi connectivity index (χ1n) is 9.46. The minimum absolute atomic E-state index is 0.0314. The fraction of sp³-hybridized carbons (Fsp3) is 0.318. The number of benzene rings is 2. The van der Waals surface area contributed by atoms with Crippen molar-refractivity contribution in [1.29, 1.82) is 0 Å². The Kier molecular flexibility index (Phi) is 5.43. The number of imide groups is 1. The molecule has 0 atom stereocenters. The predicted octanol–water partition coefficient (Wildman–Crippen LogP) is 3.79. The molecule has 2 aromatic rings. The van der Waals surface area contributed by atoms with Crippen LogP contribution in [0.15, 0.2) is 36.4 Å². The van der Waals surface area contributed by atoms with Gasteiger partial charge in [-0.1, -0.05) is 44.5 Å². The second-order valence-electron chi connectivity index (χ2n) is 8.19. The Hall–Kier alpha value is -3.55. The third-order valence-electron chi connectivity index (χ3n) is 4.88. The first kappa shape index (κ1) is 21.2. The van der Waals surface area contributed by atoms with Gasteiger partial charge in [0.2, 0.25) is 0 Å². The number of hydrogen-bond donors (Lipinski definition) is 0. The summed E-state index contributed by atoms with van der Waals surface area (Å²) < 4.78 is 5.50. The lowest BCUT2D eigenvalue weighted by Gasteiger charge is -2.23. The summed E-state index contributed by atoms with van der Waals surface area (Å²) in [6.07, 6.45) is -0.225. The maximum atomic E-state index is 12.6. The van der Waals surface area contributed by atoms with E-state index in [-0.39, 0.29) is 29.5 Å². The van der Waals surface area contributed by atoms with Gasteiger partial charge in [-0.3, -0.25) is 29.4 Å². The Morgan fingerprint density at radius 2 is 1.83 bits per heavy atom. The van der Waals surface area contributed by atoms with Crippen LogP contribution < -0.4 is 4.74 Å². The Bertz CT molecular complexity index is 1070. The van der Waals surface area contributed by atoms with Gasteiger partial charge in [-0.15, -0.1) is 0 Å². The smallest absolute Gasteiger partial charge is 0.313 e. The molecule has 0 N–H and O–H groups in total. The molecule has 1 aliphatic heterocycles. The van der Waals surface area contributed by atoms with E-state index in [1.165, 1.54) is 18.2 Å². The van der Waals surface area contributed by atoms with Crippen molar-refractivity contribution in [2.45, 2.75) is 39.5 Å². The third-order valence-corrected chi connectivity index (χ3v) is 4.88. The van der Waals surface area contributed by atoms with Crippen molar-refractivity contribution < 1.29 is 24.0 Å². The van der Waals surface area contributed by atoms with E-state index in [1.54, 1.807) is 6.07 Å². The molecule has 2 aromatic carbocycles. The molecule has 0 aliphatic carbocycles. The highest BCUT2D eigenvalue weighted by molar-refractivity contribution is 6.23. The lowest BCUT2D eigenvalue weighted by Crippen LogP contribution is -2.32.